The van der Waals surface area contributed by atoms with Crippen molar-refractivity contribution in [2.75, 3.05) is 10.6 Å². The molecule has 1 atom stereocenters. The highest BCUT2D eigenvalue weighted by molar-refractivity contribution is 5.62. The second-order valence-corrected chi connectivity index (χ2v) is 6.65. The minimum absolute atomic E-state index is 0.0413. The van der Waals surface area contributed by atoms with E-state index >= 15 is 0 Å². The molecule has 0 spiro atoms. The molecule has 0 unspecified atom stereocenters. The van der Waals surface area contributed by atoms with E-state index in [2.05, 4.69) is 25.8 Å². The van der Waals surface area contributed by atoms with E-state index in [1.165, 1.54) is 12.1 Å². The van der Waals surface area contributed by atoms with Crippen LogP contribution < -0.4 is 15.4 Å². The lowest BCUT2D eigenvalue weighted by Crippen LogP contribution is -2.11. The molecule has 0 aliphatic carbocycles. The molecule has 0 saturated carbocycles. The predicted octanol–water partition coefficient (Wildman–Crippen LogP) is 4.66. The van der Waals surface area contributed by atoms with Gasteiger partial charge in [-0.05, 0) is 38.5 Å². The molecule has 1 aromatic carbocycles. The van der Waals surface area contributed by atoms with Gasteiger partial charge in [0.1, 0.15) is 40.7 Å². The molecular formula is C20H20F2N6O. The Kier molecular flexibility index (Phi) is 5.93. The fourth-order valence-electron chi connectivity index (χ4n) is 2.64. The summed E-state index contributed by atoms with van der Waals surface area (Å²) in [5.41, 5.74) is 0.554. The van der Waals surface area contributed by atoms with Crippen LogP contribution in [0.5, 0.6) is 5.88 Å². The summed E-state index contributed by atoms with van der Waals surface area (Å²) in [5, 5.41) is 22.0. The zero-order valence-corrected chi connectivity index (χ0v) is 16.1. The summed E-state index contributed by atoms with van der Waals surface area (Å²) >= 11 is 0. The van der Waals surface area contributed by atoms with Crippen LogP contribution in [-0.2, 0) is 0 Å². The van der Waals surface area contributed by atoms with Gasteiger partial charge in [0.15, 0.2) is 0 Å². The highest BCUT2D eigenvalue weighted by Crippen LogP contribution is 2.26. The summed E-state index contributed by atoms with van der Waals surface area (Å²) in [6, 6.07) is 10.1. The smallest absolute Gasteiger partial charge is 0.234 e. The molecule has 3 aromatic rings. The summed E-state index contributed by atoms with van der Waals surface area (Å²) in [7, 11) is 0. The number of rotatable bonds is 7. The van der Waals surface area contributed by atoms with E-state index in [0.717, 1.165) is 11.6 Å². The average molecular weight is 398 g/mol. The van der Waals surface area contributed by atoms with Gasteiger partial charge in [-0.25, -0.2) is 13.8 Å². The monoisotopic (exact) mass is 398 g/mol. The van der Waals surface area contributed by atoms with Crippen LogP contribution in [0.2, 0.25) is 0 Å². The number of anilines is 3. The van der Waals surface area contributed by atoms with Crippen LogP contribution in [0.25, 0.3) is 0 Å². The van der Waals surface area contributed by atoms with Crippen LogP contribution in [0.4, 0.5) is 26.2 Å². The first-order valence-electron chi connectivity index (χ1n) is 8.97. The third-order valence-electron chi connectivity index (χ3n) is 3.98. The Balaban J connectivity index is 1.83. The third kappa shape index (κ3) is 4.99. The van der Waals surface area contributed by atoms with E-state index in [4.69, 9.17) is 4.74 Å². The van der Waals surface area contributed by atoms with Crippen molar-refractivity contribution >= 4 is 17.5 Å². The second kappa shape index (κ2) is 8.56. The zero-order chi connectivity index (χ0) is 21.0. The molecular weight excluding hydrogens is 378 g/mol. The normalized spacial score (nSPS) is 11.8. The van der Waals surface area contributed by atoms with Gasteiger partial charge in [0.25, 0.3) is 0 Å². The fraction of sp³-hybridized carbons (Fsp3) is 0.250. The van der Waals surface area contributed by atoms with Crippen LogP contribution in [0, 0.1) is 23.0 Å². The molecule has 0 bridgehead atoms. The first-order chi connectivity index (χ1) is 13.9. The number of aromatic nitrogens is 3. The molecule has 29 heavy (non-hydrogen) atoms. The first kappa shape index (κ1) is 20.1. The standard InChI is InChI=1S/C20H20F2N6O/c1-11(2)29-19-9-18(27-28-19)25-17-8-16(22)15(10-23)20(26-17)24-12(3)13-4-6-14(21)7-5-13/h4-9,11-12H,1-3H3,(H3,24,25,26,27,28)/t12-/m0/s1. The van der Waals surface area contributed by atoms with Crippen LogP contribution in [-0.4, -0.2) is 21.3 Å². The number of aromatic amines is 1. The topological polar surface area (TPSA) is 98.6 Å². The van der Waals surface area contributed by atoms with Crippen molar-refractivity contribution in [3.63, 3.8) is 0 Å². The van der Waals surface area contributed by atoms with Gasteiger partial charge in [0.2, 0.25) is 5.88 Å². The van der Waals surface area contributed by atoms with Crippen molar-refractivity contribution in [1.29, 1.82) is 5.26 Å². The molecule has 9 heteroatoms. The van der Waals surface area contributed by atoms with E-state index in [1.807, 2.05) is 19.9 Å². The molecule has 2 aromatic heterocycles. The van der Waals surface area contributed by atoms with Crippen LogP contribution in [0.1, 0.15) is 37.9 Å². The van der Waals surface area contributed by atoms with Crippen molar-refractivity contribution < 1.29 is 13.5 Å². The van der Waals surface area contributed by atoms with Crippen molar-refractivity contribution in [1.82, 2.24) is 15.2 Å². The van der Waals surface area contributed by atoms with E-state index in [1.54, 1.807) is 25.1 Å². The number of pyridine rings is 1. The Labute approximate surface area is 166 Å². The fourth-order valence-corrected chi connectivity index (χ4v) is 2.64. The van der Waals surface area contributed by atoms with E-state index < -0.39 is 5.82 Å². The predicted molar refractivity (Wildman–Crippen MR) is 105 cm³/mol. The maximum absolute atomic E-state index is 14.5. The van der Waals surface area contributed by atoms with E-state index in [9.17, 15) is 14.0 Å². The number of benzene rings is 1. The summed E-state index contributed by atoms with van der Waals surface area (Å²) < 4.78 is 33.1. The maximum atomic E-state index is 14.5. The van der Waals surface area contributed by atoms with Gasteiger partial charge in [0.05, 0.1) is 6.10 Å². The average Bonchev–Trinajstić information content (AvgIpc) is 3.08. The number of hydrogen-bond acceptors (Lipinski definition) is 6. The van der Waals surface area contributed by atoms with Gasteiger partial charge in [-0.15, -0.1) is 5.10 Å². The van der Waals surface area contributed by atoms with Gasteiger partial charge in [-0.3, -0.25) is 5.10 Å². The SMILES string of the molecule is CC(C)Oc1cc(Nc2cc(F)c(C#N)c(N[C@@H](C)c3ccc(F)cc3)n2)[nH]n1. The molecule has 0 radical (unpaired) electrons. The minimum Gasteiger partial charge on any atom is -0.474 e. The summed E-state index contributed by atoms with van der Waals surface area (Å²) in [6.45, 7) is 5.55. The zero-order valence-electron chi connectivity index (χ0n) is 16.1. The Morgan fingerprint density at radius 1 is 1.14 bits per heavy atom. The van der Waals surface area contributed by atoms with Gasteiger partial charge >= 0.3 is 0 Å². The highest BCUT2D eigenvalue weighted by atomic mass is 19.1. The van der Waals surface area contributed by atoms with Crippen molar-refractivity contribution in [2.45, 2.75) is 32.9 Å². The van der Waals surface area contributed by atoms with Gasteiger partial charge in [-0.1, -0.05) is 12.1 Å². The molecule has 3 rings (SSSR count). The first-order valence-corrected chi connectivity index (χ1v) is 8.97. The van der Waals surface area contributed by atoms with Gasteiger partial charge in [0, 0.05) is 18.2 Å². The Morgan fingerprint density at radius 2 is 1.86 bits per heavy atom. The van der Waals surface area contributed by atoms with Crippen LogP contribution >= 0.6 is 0 Å². The summed E-state index contributed by atoms with van der Waals surface area (Å²) in [6.07, 6.45) is -0.0413. The molecule has 0 saturated heterocycles. The number of nitrogens with one attached hydrogen (secondary N) is 3. The summed E-state index contributed by atoms with van der Waals surface area (Å²) in [4.78, 5) is 4.31. The molecule has 3 N–H and O–H groups in total. The second-order valence-electron chi connectivity index (χ2n) is 6.65. The largest absolute Gasteiger partial charge is 0.474 e. The van der Waals surface area contributed by atoms with Crippen molar-refractivity contribution in [2.24, 2.45) is 0 Å². The molecule has 0 aliphatic heterocycles. The Hall–Kier alpha value is -3.67. The van der Waals surface area contributed by atoms with Crippen LogP contribution in [0.3, 0.4) is 0 Å². The third-order valence-corrected chi connectivity index (χ3v) is 3.98. The van der Waals surface area contributed by atoms with Crippen molar-refractivity contribution in [3.8, 4) is 11.9 Å². The number of nitrogens with zero attached hydrogens (tertiary/aromatic N) is 3. The minimum atomic E-state index is -0.725. The van der Waals surface area contributed by atoms with Gasteiger partial charge in [-0.2, -0.15) is 5.26 Å². The summed E-state index contributed by atoms with van der Waals surface area (Å²) in [5.74, 6) is 0.0149. The lowest BCUT2D eigenvalue weighted by atomic mass is 10.1. The number of hydrogen-bond donors (Lipinski definition) is 3. The molecule has 0 fully saturated rings. The van der Waals surface area contributed by atoms with Crippen molar-refractivity contribution in [3.05, 3.63) is 59.2 Å². The lowest BCUT2D eigenvalue weighted by Gasteiger charge is -2.17. The molecule has 7 nitrogen and oxygen atoms in total. The molecule has 150 valence electrons. The Morgan fingerprint density at radius 3 is 2.52 bits per heavy atom. The molecule has 2 heterocycles. The molecule has 0 amide bonds. The number of halogens is 2. The highest BCUT2D eigenvalue weighted by Gasteiger charge is 2.16. The maximum Gasteiger partial charge on any atom is 0.234 e. The van der Waals surface area contributed by atoms with E-state index in [0.29, 0.717) is 11.7 Å². The number of nitriles is 1. The quantitative estimate of drug-likeness (QED) is 0.535. The molecule has 0 aliphatic rings. The number of ether oxygens (including phenoxy) is 1. The van der Waals surface area contributed by atoms with Crippen LogP contribution in [0.15, 0.2) is 36.4 Å². The van der Waals surface area contributed by atoms with E-state index in [-0.39, 0.29) is 35.2 Å². The number of H-pyrrole nitrogens is 1. The Bertz CT molecular complexity index is 1030. The lowest BCUT2D eigenvalue weighted by molar-refractivity contribution is 0.232. The van der Waals surface area contributed by atoms with Gasteiger partial charge < -0.3 is 15.4 Å².